The summed E-state index contributed by atoms with van der Waals surface area (Å²) in [5.74, 6) is -0.0876. The third kappa shape index (κ3) is 5.79. The molecule has 0 saturated carbocycles. The van der Waals surface area contributed by atoms with Gasteiger partial charge in [0.2, 0.25) is 0 Å². The van der Waals surface area contributed by atoms with Gasteiger partial charge in [0.05, 0.1) is 0 Å². The second kappa shape index (κ2) is 9.85. The van der Waals surface area contributed by atoms with Crippen molar-refractivity contribution in [3.8, 4) is 0 Å². The van der Waals surface area contributed by atoms with E-state index in [2.05, 4.69) is 15.3 Å². The molecule has 1 aromatic carbocycles. The van der Waals surface area contributed by atoms with Crippen molar-refractivity contribution in [1.29, 1.82) is 0 Å². The summed E-state index contributed by atoms with van der Waals surface area (Å²) in [6.07, 6.45) is 6.84. The molecule has 28 heavy (non-hydrogen) atoms. The number of halogens is 1. The lowest BCUT2D eigenvalue weighted by atomic mass is 10.1. The maximum absolute atomic E-state index is 12.7. The van der Waals surface area contributed by atoms with Crippen LogP contribution in [0.5, 0.6) is 0 Å². The fourth-order valence-electron chi connectivity index (χ4n) is 2.80. The summed E-state index contributed by atoms with van der Waals surface area (Å²) in [4.78, 5) is 22.6. The van der Waals surface area contributed by atoms with E-state index in [-0.39, 0.29) is 5.91 Å². The number of rotatable bonds is 8. The van der Waals surface area contributed by atoms with Crippen LogP contribution in [-0.2, 0) is 12.8 Å². The Balaban J connectivity index is 1.52. The van der Waals surface area contributed by atoms with Crippen molar-refractivity contribution in [3.63, 3.8) is 0 Å². The SMILES string of the molecule is CN(CCc1ccncc1)C(=O)c1cc(NCCc2ccc(Cl)cc2)ccn1. The Morgan fingerprint density at radius 2 is 1.71 bits per heavy atom. The fourth-order valence-corrected chi connectivity index (χ4v) is 2.93. The van der Waals surface area contributed by atoms with Gasteiger partial charge in [-0.25, -0.2) is 0 Å². The summed E-state index contributed by atoms with van der Waals surface area (Å²) in [6.45, 7) is 1.38. The van der Waals surface area contributed by atoms with Crippen LogP contribution in [0.25, 0.3) is 0 Å². The van der Waals surface area contributed by atoms with Gasteiger partial charge in [-0.05, 0) is 60.4 Å². The smallest absolute Gasteiger partial charge is 0.272 e. The second-order valence-corrected chi connectivity index (χ2v) is 7.00. The normalized spacial score (nSPS) is 10.5. The minimum atomic E-state index is -0.0876. The van der Waals surface area contributed by atoms with Crippen LogP contribution in [0.2, 0.25) is 5.02 Å². The highest BCUT2D eigenvalue weighted by Gasteiger charge is 2.13. The Morgan fingerprint density at radius 1 is 1.00 bits per heavy atom. The van der Waals surface area contributed by atoms with Gasteiger partial charge in [-0.2, -0.15) is 0 Å². The van der Waals surface area contributed by atoms with E-state index in [1.165, 1.54) is 5.56 Å². The molecular weight excluding hydrogens is 372 g/mol. The van der Waals surface area contributed by atoms with Gasteiger partial charge in [-0.15, -0.1) is 0 Å². The average molecular weight is 395 g/mol. The first-order valence-corrected chi connectivity index (χ1v) is 9.58. The van der Waals surface area contributed by atoms with Crippen LogP contribution in [0.15, 0.2) is 67.1 Å². The van der Waals surface area contributed by atoms with Crippen LogP contribution < -0.4 is 5.32 Å². The molecule has 0 unspecified atom stereocenters. The molecule has 0 fully saturated rings. The molecule has 144 valence electrons. The summed E-state index contributed by atoms with van der Waals surface area (Å²) < 4.78 is 0. The van der Waals surface area contributed by atoms with E-state index in [1.807, 2.05) is 42.5 Å². The van der Waals surface area contributed by atoms with E-state index >= 15 is 0 Å². The van der Waals surface area contributed by atoms with E-state index in [0.29, 0.717) is 12.2 Å². The molecule has 1 N–H and O–H groups in total. The molecule has 3 rings (SSSR count). The Labute approximate surface area is 170 Å². The van der Waals surface area contributed by atoms with E-state index in [9.17, 15) is 4.79 Å². The van der Waals surface area contributed by atoms with Gasteiger partial charge in [-0.1, -0.05) is 23.7 Å². The van der Waals surface area contributed by atoms with Gasteiger partial charge in [0.25, 0.3) is 5.91 Å². The first-order valence-electron chi connectivity index (χ1n) is 9.20. The number of anilines is 1. The summed E-state index contributed by atoms with van der Waals surface area (Å²) in [7, 11) is 1.80. The topological polar surface area (TPSA) is 58.1 Å². The molecule has 0 bridgehead atoms. The molecule has 1 amide bonds. The number of carbonyl (C=O) groups excluding carboxylic acids is 1. The Morgan fingerprint density at radius 3 is 2.46 bits per heavy atom. The van der Waals surface area contributed by atoms with E-state index < -0.39 is 0 Å². The van der Waals surface area contributed by atoms with Crippen molar-refractivity contribution in [2.45, 2.75) is 12.8 Å². The average Bonchev–Trinajstić information content (AvgIpc) is 2.74. The van der Waals surface area contributed by atoms with E-state index in [1.54, 1.807) is 36.6 Å². The lowest BCUT2D eigenvalue weighted by Crippen LogP contribution is -2.29. The molecule has 0 aliphatic carbocycles. The van der Waals surface area contributed by atoms with Gasteiger partial charge in [0.15, 0.2) is 0 Å². The van der Waals surface area contributed by atoms with Gasteiger partial charge in [0.1, 0.15) is 5.69 Å². The molecule has 6 heteroatoms. The number of nitrogens with zero attached hydrogens (tertiary/aromatic N) is 3. The summed E-state index contributed by atoms with van der Waals surface area (Å²) in [6, 6.07) is 15.4. The van der Waals surface area contributed by atoms with Gasteiger partial charge >= 0.3 is 0 Å². The highest BCUT2D eigenvalue weighted by atomic mass is 35.5. The van der Waals surface area contributed by atoms with Crippen LogP contribution >= 0.6 is 11.6 Å². The van der Waals surface area contributed by atoms with Crippen molar-refractivity contribution in [1.82, 2.24) is 14.9 Å². The maximum Gasteiger partial charge on any atom is 0.272 e. The standard InChI is InChI=1S/C22H23ClN4O/c1-27(15-10-18-6-11-24-12-7-18)22(28)21-16-20(9-14-26-21)25-13-8-17-2-4-19(23)5-3-17/h2-7,9,11-12,14,16H,8,10,13,15H2,1H3,(H,25,26). The Bertz CT molecular complexity index is 900. The van der Waals surface area contributed by atoms with Crippen molar-refractivity contribution < 1.29 is 4.79 Å². The minimum absolute atomic E-state index is 0.0876. The molecule has 0 atom stereocenters. The fraction of sp³-hybridized carbons (Fsp3) is 0.227. The number of hydrogen-bond donors (Lipinski definition) is 1. The molecule has 0 aliphatic heterocycles. The minimum Gasteiger partial charge on any atom is -0.385 e. The number of nitrogens with one attached hydrogen (secondary N) is 1. The highest BCUT2D eigenvalue weighted by molar-refractivity contribution is 6.30. The zero-order valence-corrected chi connectivity index (χ0v) is 16.6. The van der Waals surface area contributed by atoms with Crippen LogP contribution in [0.3, 0.4) is 0 Å². The first-order chi connectivity index (χ1) is 13.6. The van der Waals surface area contributed by atoms with Crippen molar-refractivity contribution in [2.24, 2.45) is 0 Å². The second-order valence-electron chi connectivity index (χ2n) is 6.57. The molecule has 3 aromatic rings. The molecule has 2 aromatic heterocycles. The molecule has 0 saturated heterocycles. The summed E-state index contributed by atoms with van der Waals surface area (Å²) in [5.41, 5.74) is 3.68. The Hall–Kier alpha value is -2.92. The number of aromatic nitrogens is 2. The molecule has 0 aliphatic rings. The zero-order chi connectivity index (χ0) is 19.8. The van der Waals surface area contributed by atoms with Crippen molar-refractivity contribution in [2.75, 3.05) is 25.5 Å². The van der Waals surface area contributed by atoms with Gasteiger partial charge < -0.3 is 10.2 Å². The quantitative estimate of drug-likeness (QED) is 0.625. The highest BCUT2D eigenvalue weighted by Crippen LogP contribution is 2.12. The monoisotopic (exact) mass is 394 g/mol. The summed E-state index contributed by atoms with van der Waals surface area (Å²) >= 11 is 5.91. The van der Waals surface area contributed by atoms with Crippen LogP contribution in [0, 0.1) is 0 Å². The van der Waals surface area contributed by atoms with Crippen molar-refractivity contribution in [3.05, 3.63) is 89.0 Å². The third-order valence-corrected chi connectivity index (χ3v) is 4.72. The molecule has 0 radical (unpaired) electrons. The van der Waals surface area contributed by atoms with E-state index in [0.717, 1.165) is 35.7 Å². The predicted molar refractivity (Wildman–Crippen MR) is 113 cm³/mol. The first kappa shape index (κ1) is 19.8. The number of amides is 1. The Kier molecular flexibility index (Phi) is 6.98. The largest absolute Gasteiger partial charge is 0.385 e. The number of likely N-dealkylation sites (N-methyl/N-ethyl adjacent to an activating group) is 1. The number of pyridine rings is 2. The summed E-state index contributed by atoms with van der Waals surface area (Å²) in [5, 5.41) is 4.09. The van der Waals surface area contributed by atoms with Gasteiger partial charge in [0, 0.05) is 49.4 Å². The van der Waals surface area contributed by atoms with Crippen LogP contribution in [0.4, 0.5) is 5.69 Å². The zero-order valence-electron chi connectivity index (χ0n) is 15.8. The number of hydrogen-bond acceptors (Lipinski definition) is 4. The maximum atomic E-state index is 12.7. The number of benzene rings is 1. The predicted octanol–water partition coefficient (Wildman–Crippen LogP) is 4.10. The third-order valence-electron chi connectivity index (χ3n) is 4.47. The number of carbonyl (C=O) groups is 1. The van der Waals surface area contributed by atoms with Crippen LogP contribution in [0.1, 0.15) is 21.6 Å². The lowest BCUT2D eigenvalue weighted by Gasteiger charge is -2.17. The van der Waals surface area contributed by atoms with Gasteiger partial charge in [-0.3, -0.25) is 14.8 Å². The van der Waals surface area contributed by atoms with E-state index in [4.69, 9.17) is 11.6 Å². The van der Waals surface area contributed by atoms with Crippen molar-refractivity contribution >= 4 is 23.2 Å². The van der Waals surface area contributed by atoms with Crippen LogP contribution in [-0.4, -0.2) is 40.9 Å². The molecule has 5 nitrogen and oxygen atoms in total. The molecule has 2 heterocycles. The lowest BCUT2D eigenvalue weighted by molar-refractivity contribution is 0.0791. The molecular formula is C22H23ClN4O. The molecule has 0 spiro atoms.